The maximum absolute atomic E-state index is 11.5. The van der Waals surface area contributed by atoms with Gasteiger partial charge in [-0.3, -0.25) is 4.79 Å². The molecule has 0 fully saturated rings. The number of amides is 1. The lowest BCUT2D eigenvalue weighted by molar-refractivity contribution is -0.134. The van der Waals surface area contributed by atoms with E-state index in [-0.39, 0.29) is 0 Å². The van der Waals surface area contributed by atoms with E-state index in [4.69, 9.17) is 0 Å². The summed E-state index contributed by atoms with van der Waals surface area (Å²) in [7, 11) is 1.26. The number of rotatable bonds is 3. The fourth-order valence-electron chi connectivity index (χ4n) is 1.02. The number of allylic oxidation sites excluding steroid dienone is 1. The number of azo groups is 1. The van der Waals surface area contributed by atoms with Crippen LogP contribution in [0.25, 0.3) is 0 Å². The van der Waals surface area contributed by atoms with Crippen LogP contribution < -0.4 is 0 Å². The minimum absolute atomic E-state index is 0.307. The van der Waals surface area contributed by atoms with Crippen molar-refractivity contribution in [1.29, 1.82) is 0 Å². The van der Waals surface area contributed by atoms with E-state index in [2.05, 4.69) is 15.0 Å². The van der Waals surface area contributed by atoms with Crippen molar-refractivity contribution in [2.45, 2.75) is 6.92 Å². The van der Waals surface area contributed by atoms with E-state index in [1.807, 2.05) is 0 Å². The molecule has 1 amide bonds. The van der Waals surface area contributed by atoms with Gasteiger partial charge in [0.15, 0.2) is 0 Å². The van der Waals surface area contributed by atoms with Crippen molar-refractivity contribution in [1.82, 2.24) is 0 Å². The summed E-state index contributed by atoms with van der Waals surface area (Å²) in [5, 5.41) is 7.12. The summed E-state index contributed by atoms with van der Waals surface area (Å²) in [4.78, 5) is 22.4. The molecular weight excluding hydrogens is 220 g/mol. The van der Waals surface area contributed by atoms with Crippen molar-refractivity contribution in [3.8, 4) is 0 Å². The van der Waals surface area contributed by atoms with Gasteiger partial charge in [0.25, 0.3) is 5.91 Å². The molecule has 5 heteroatoms. The van der Waals surface area contributed by atoms with Crippen LogP contribution in [0.15, 0.2) is 52.3 Å². The molecule has 0 bridgehead atoms. The average Bonchev–Trinajstić information content (AvgIpc) is 2.36. The molecule has 0 aromatic heterocycles. The van der Waals surface area contributed by atoms with Crippen molar-refractivity contribution in [2.24, 2.45) is 10.2 Å². The monoisotopic (exact) mass is 232 g/mol. The van der Waals surface area contributed by atoms with E-state index in [9.17, 15) is 9.59 Å². The van der Waals surface area contributed by atoms with E-state index < -0.39 is 11.9 Å². The number of hydrogen-bond acceptors (Lipinski definition) is 4. The van der Waals surface area contributed by atoms with Crippen LogP contribution >= 0.6 is 0 Å². The molecule has 0 atom stereocenters. The van der Waals surface area contributed by atoms with Gasteiger partial charge in [-0.1, -0.05) is 18.2 Å². The third-order valence-electron chi connectivity index (χ3n) is 1.85. The molecule has 1 aromatic carbocycles. The van der Waals surface area contributed by atoms with Crippen LogP contribution in [0, 0.1) is 0 Å². The zero-order chi connectivity index (χ0) is 12.7. The fourth-order valence-corrected chi connectivity index (χ4v) is 1.02. The standard InChI is InChI=1S/C12H12N2O3/c1-9(8-11(15)17-2)13-14-12(16)10-6-4-3-5-7-10/h3-8H,1-2H3. The highest BCUT2D eigenvalue weighted by Gasteiger charge is 2.02. The van der Waals surface area contributed by atoms with Crippen LogP contribution in [-0.2, 0) is 9.53 Å². The Kier molecular flexibility index (Phi) is 4.75. The topological polar surface area (TPSA) is 68.1 Å². The molecule has 0 unspecified atom stereocenters. The lowest BCUT2D eigenvalue weighted by Gasteiger charge is -1.93. The van der Waals surface area contributed by atoms with Crippen LogP contribution in [0.4, 0.5) is 0 Å². The zero-order valence-electron chi connectivity index (χ0n) is 9.58. The summed E-state index contributed by atoms with van der Waals surface area (Å²) in [6.45, 7) is 1.55. The Morgan fingerprint density at radius 3 is 2.41 bits per heavy atom. The first-order valence-electron chi connectivity index (χ1n) is 4.91. The number of esters is 1. The molecule has 0 saturated heterocycles. The largest absolute Gasteiger partial charge is 0.466 e. The van der Waals surface area contributed by atoms with Crippen LogP contribution in [0.5, 0.6) is 0 Å². The van der Waals surface area contributed by atoms with Gasteiger partial charge in [-0.05, 0) is 19.1 Å². The maximum atomic E-state index is 11.5. The van der Waals surface area contributed by atoms with Crippen molar-refractivity contribution in [2.75, 3.05) is 7.11 Å². The molecule has 1 rings (SSSR count). The second-order valence-electron chi connectivity index (χ2n) is 3.18. The molecule has 0 heterocycles. The van der Waals surface area contributed by atoms with Gasteiger partial charge < -0.3 is 4.74 Å². The molecule has 0 radical (unpaired) electrons. The Balaban J connectivity index is 2.69. The number of hydrogen-bond donors (Lipinski definition) is 0. The quantitative estimate of drug-likeness (QED) is 0.456. The second kappa shape index (κ2) is 6.32. The Morgan fingerprint density at radius 2 is 1.82 bits per heavy atom. The highest BCUT2D eigenvalue weighted by atomic mass is 16.5. The average molecular weight is 232 g/mol. The Labute approximate surface area is 98.8 Å². The van der Waals surface area contributed by atoms with Gasteiger partial charge in [0.05, 0.1) is 12.8 Å². The second-order valence-corrected chi connectivity index (χ2v) is 3.18. The summed E-state index contributed by atoms with van der Waals surface area (Å²) in [6, 6.07) is 8.55. The first-order chi connectivity index (χ1) is 8.13. The number of benzene rings is 1. The molecule has 0 aliphatic carbocycles. The first kappa shape index (κ1) is 12.8. The van der Waals surface area contributed by atoms with E-state index in [1.165, 1.54) is 7.11 Å². The number of nitrogens with zero attached hydrogens (tertiary/aromatic N) is 2. The highest BCUT2D eigenvalue weighted by molar-refractivity contribution is 5.94. The summed E-state index contributed by atoms with van der Waals surface area (Å²) in [5.41, 5.74) is 0.753. The number of carbonyl (C=O) groups excluding carboxylic acids is 2. The Bertz CT molecular complexity index is 464. The lowest BCUT2D eigenvalue weighted by atomic mass is 10.2. The van der Waals surface area contributed by atoms with Crippen molar-refractivity contribution in [3.63, 3.8) is 0 Å². The Hall–Kier alpha value is -2.30. The van der Waals surface area contributed by atoms with Gasteiger partial charge in [-0.2, -0.15) is 5.11 Å². The van der Waals surface area contributed by atoms with Gasteiger partial charge >= 0.3 is 5.97 Å². The predicted octanol–water partition coefficient (Wildman–Crippen LogP) is 2.36. The summed E-state index contributed by atoms with van der Waals surface area (Å²) in [5.74, 6) is -0.989. The summed E-state index contributed by atoms with van der Waals surface area (Å²) < 4.78 is 4.41. The number of carbonyl (C=O) groups is 2. The molecule has 0 spiro atoms. The molecule has 5 nitrogen and oxygen atoms in total. The third-order valence-corrected chi connectivity index (χ3v) is 1.85. The van der Waals surface area contributed by atoms with Crippen LogP contribution in [0.2, 0.25) is 0 Å². The van der Waals surface area contributed by atoms with Crippen LogP contribution in [0.3, 0.4) is 0 Å². The smallest absolute Gasteiger partial charge is 0.332 e. The Morgan fingerprint density at radius 1 is 1.18 bits per heavy atom. The fraction of sp³-hybridized carbons (Fsp3) is 0.167. The minimum Gasteiger partial charge on any atom is -0.466 e. The van der Waals surface area contributed by atoms with Gasteiger partial charge in [0.1, 0.15) is 0 Å². The minimum atomic E-state index is -0.534. The third kappa shape index (κ3) is 4.38. The molecule has 17 heavy (non-hydrogen) atoms. The van der Waals surface area contributed by atoms with Crippen molar-refractivity contribution in [3.05, 3.63) is 47.7 Å². The SMILES string of the molecule is COC(=O)C=C(C)N=NC(=O)c1ccccc1. The molecular formula is C12H12N2O3. The van der Waals surface area contributed by atoms with Crippen molar-refractivity contribution < 1.29 is 14.3 Å². The lowest BCUT2D eigenvalue weighted by Crippen LogP contribution is -1.96. The van der Waals surface area contributed by atoms with Gasteiger partial charge in [-0.25, -0.2) is 4.79 Å². The molecule has 0 aliphatic rings. The van der Waals surface area contributed by atoms with E-state index >= 15 is 0 Å². The molecule has 1 aromatic rings. The van der Waals surface area contributed by atoms with Crippen molar-refractivity contribution >= 4 is 11.9 Å². The summed E-state index contributed by atoms with van der Waals surface area (Å²) in [6.07, 6.45) is 1.15. The van der Waals surface area contributed by atoms with Gasteiger partial charge in [-0.15, -0.1) is 5.11 Å². The molecule has 0 saturated carbocycles. The number of ether oxygens (including phenoxy) is 1. The predicted molar refractivity (Wildman–Crippen MR) is 61.4 cm³/mol. The summed E-state index contributed by atoms with van der Waals surface area (Å²) >= 11 is 0. The zero-order valence-corrected chi connectivity index (χ0v) is 9.58. The van der Waals surface area contributed by atoms with E-state index in [0.29, 0.717) is 11.3 Å². The van der Waals surface area contributed by atoms with Crippen LogP contribution in [-0.4, -0.2) is 19.0 Å². The molecule has 0 N–H and O–H groups in total. The van der Waals surface area contributed by atoms with Gasteiger partial charge in [0, 0.05) is 11.6 Å². The first-order valence-corrected chi connectivity index (χ1v) is 4.91. The number of methoxy groups -OCH3 is 1. The molecule has 0 aliphatic heterocycles. The van der Waals surface area contributed by atoms with Crippen LogP contribution in [0.1, 0.15) is 17.3 Å². The van der Waals surface area contributed by atoms with E-state index in [1.54, 1.807) is 37.3 Å². The normalized spacial score (nSPS) is 11.5. The maximum Gasteiger partial charge on any atom is 0.332 e. The van der Waals surface area contributed by atoms with E-state index in [0.717, 1.165) is 6.08 Å². The highest BCUT2D eigenvalue weighted by Crippen LogP contribution is 2.03. The molecule has 88 valence electrons. The van der Waals surface area contributed by atoms with Gasteiger partial charge in [0.2, 0.25) is 0 Å².